The lowest BCUT2D eigenvalue weighted by Crippen LogP contribution is -2.45. The minimum Gasteiger partial charge on any atom is -0.385 e. The second-order valence-corrected chi connectivity index (χ2v) is 5.51. The van der Waals surface area contributed by atoms with E-state index in [0.717, 1.165) is 37.1 Å². The van der Waals surface area contributed by atoms with E-state index in [-0.39, 0.29) is 12.0 Å². The maximum Gasteiger partial charge on any atom is 0.254 e. The zero-order valence-corrected chi connectivity index (χ0v) is 12.0. The molecule has 1 atom stereocenters. The van der Waals surface area contributed by atoms with E-state index in [1.807, 2.05) is 17.0 Å². The third-order valence-electron chi connectivity index (χ3n) is 4.21. The molecular weight excluding hydrogens is 252 g/mol. The third-order valence-corrected chi connectivity index (χ3v) is 4.21. The Kier molecular flexibility index (Phi) is 3.92. The van der Waals surface area contributed by atoms with Gasteiger partial charge in [0.15, 0.2) is 0 Å². The van der Waals surface area contributed by atoms with Crippen LogP contribution < -0.4 is 5.32 Å². The summed E-state index contributed by atoms with van der Waals surface area (Å²) < 4.78 is 5.65. The van der Waals surface area contributed by atoms with Gasteiger partial charge in [0.05, 0.1) is 12.7 Å². The number of nitrogens with one attached hydrogen (secondary N) is 1. The summed E-state index contributed by atoms with van der Waals surface area (Å²) in [5.41, 5.74) is 3.18. The largest absolute Gasteiger partial charge is 0.385 e. The molecule has 4 heteroatoms. The van der Waals surface area contributed by atoms with Crippen LogP contribution in [0.2, 0.25) is 0 Å². The first-order valence-electron chi connectivity index (χ1n) is 7.56. The Morgan fingerprint density at radius 2 is 2.40 bits per heavy atom. The maximum atomic E-state index is 12.8. The van der Waals surface area contributed by atoms with Gasteiger partial charge in [-0.3, -0.25) is 4.79 Å². The van der Waals surface area contributed by atoms with E-state index in [2.05, 4.69) is 18.3 Å². The van der Waals surface area contributed by atoms with Crippen molar-refractivity contribution in [1.29, 1.82) is 0 Å². The van der Waals surface area contributed by atoms with Gasteiger partial charge in [0, 0.05) is 30.9 Å². The predicted molar refractivity (Wildman–Crippen MR) is 79.2 cm³/mol. The zero-order valence-electron chi connectivity index (χ0n) is 12.0. The number of fused-ring (bicyclic) bond motifs is 1. The van der Waals surface area contributed by atoms with Gasteiger partial charge >= 0.3 is 0 Å². The van der Waals surface area contributed by atoms with Gasteiger partial charge in [-0.2, -0.15) is 0 Å². The van der Waals surface area contributed by atoms with Crippen molar-refractivity contribution < 1.29 is 9.53 Å². The molecule has 1 saturated heterocycles. The van der Waals surface area contributed by atoms with Crippen molar-refractivity contribution in [3.8, 4) is 0 Å². The van der Waals surface area contributed by atoms with Gasteiger partial charge in [-0.1, -0.05) is 13.0 Å². The number of anilines is 1. The summed E-state index contributed by atoms with van der Waals surface area (Å²) in [6.07, 6.45) is 3.23. The minimum absolute atomic E-state index is 0.160. The average Bonchev–Trinajstić information content (AvgIpc) is 2.53. The molecule has 2 heterocycles. The number of amides is 1. The van der Waals surface area contributed by atoms with Crippen LogP contribution in [0.4, 0.5) is 5.69 Å². The number of benzene rings is 1. The third kappa shape index (κ3) is 2.52. The second kappa shape index (κ2) is 5.83. The van der Waals surface area contributed by atoms with E-state index in [0.29, 0.717) is 19.7 Å². The van der Waals surface area contributed by atoms with Crippen LogP contribution in [0, 0.1) is 0 Å². The number of carbonyl (C=O) groups is 1. The van der Waals surface area contributed by atoms with Crippen molar-refractivity contribution in [3.05, 3.63) is 29.3 Å². The van der Waals surface area contributed by atoms with Gasteiger partial charge in [-0.25, -0.2) is 0 Å². The average molecular weight is 274 g/mol. The molecule has 2 aliphatic rings. The summed E-state index contributed by atoms with van der Waals surface area (Å²) in [5.74, 6) is 0.160. The number of hydrogen-bond donors (Lipinski definition) is 1. The Balaban J connectivity index is 1.83. The first-order chi connectivity index (χ1) is 9.79. The molecule has 2 aliphatic heterocycles. The van der Waals surface area contributed by atoms with Crippen LogP contribution in [-0.2, 0) is 11.2 Å². The van der Waals surface area contributed by atoms with Crippen LogP contribution in [-0.4, -0.2) is 43.2 Å². The van der Waals surface area contributed by atoms with Gasteiger partial charge in [0.1, 0.15) is 0 Å². The molecule has 1 aromatic carbocycles. The molecule has 0 spiro atoms. The van der Waals surface area contributed by atoms with E-state index >= 15 is 0 Å². The summed E-state index contributed by atoms with van der Waals surface area (Å²) in [4.78, 5) is 14.7. The van der Waals surface area contributed by atoms with Crippen molar-refractivity contribution >= 4 is 11.6 Å². The Morgan fingerprint density at radius 1 is 1.50 bits per heavy atom. The number of nitrogens with zero attached hydrogens (tertiary/aromatic N) is 1. The van der Waals surface area contributed by atoms with Crippen LogP contribution >= 0.6 is 0 Å². The zero-order chi connectivity index (χ0) is 13.9. The molecular formula is C16H22N2O2. The minimum atomic E-state index is 0.160. The highest BCUT2D eigenvalue weighted by Crippen LogP contribution is 2.26. The number of carbonyl (C=O) groups excluding carboxylic acids is 1. The molecule has 0 saturated carbocycles. The van der Waals surface area contributed by atoms with Gasteiger partial charge < -0.3 is 15.0 Å². The van der Waals surface area contributed by atoms with E-state index in [1.54, 1.807) is 0 Å². The van der Waals surface area contributed by atoms with E-state index in [4.69, 9.17) is 4.74 Å². The van der Waals surface area contributed by atoms with Crippen molar-refractivity contribution in [3.63, 3.8) is 0 Å². The molecule has 1 aromatic rings. The molecule has 1 unspecified atom stereocenters. The summed E-state index contributed by atoms with van der Waals surface area (Å²) in [5, 5.41) is 3.39. The van der Waals surface area contributed by atoms with E-state index < -0.39 is 0 Å². The Hall–Kier alpha value is -1.55. The quantitative estimate of drug-likeness (QED) is 0.899. The molecule has 3 rings (SSSR count). The van der Waals surface area contributed by atoms with Crippen LogP contribution in [0.15, 0.2) is 18.2 Å². The lowest BCUT2D eigenvalue weighted by molar-refractivity contribution is -0.0226. The van der Waals surface area contributed by atoms with Crippen molar-refractivity contribution in [1.82, 2.24) is 4.90 Å². The molecule has 108 valence electrons. The molecule has 0 aromatic heterocycles. The van der Waals surface area contributed by atoms with Gasteiger partial charge in [0.2, 0.25) is 0 Å². The Morgan fingerprint density at radius 3 is 3.25 bits per heavy atom. The fourth-order valence-electron chi connectivity index (χ4n) is 3.03. The highest BCUT2D eigenvalue weighted by Gasteiger charge is 2.26. The summed E-state index contributed by atoms with van der Waals surface area (Å²) in [7, 11) is 0. The highest BCUT2D eigenvalue weighted by molar-refractivity contribution is 5.97. The lowest BCUT2D eigenvalue weighted by atomic mass is 9.96. The van der Waals surface area contributed by atoms with Crippen LogP contribution in [0.3, 0.4) is 0 Å². The van der Waals surface area contributed by atoms with Crippen LogP contribution in [0.5, 0.6) is 0 Å². The lowest BCUT2D eigenvalue weighted by Gasteiger charge is -2.33. The Bertz CT molecular complexity index is 501. The molecule has 4 nitrogen and oxygen atoms in total. The number of hydrogen-bond acceptors (Lipinski definition) is 3. The van der Waals surface area contributed by atoms with Gasteiger partial charge in [0.25, 0.3) is 5.91 Å². The Labute approximate surface area is 120 Å². The number of morpholine rings is 1. The van der Waals surface area contributed by atoms with Gasteiger partial charge in [-0.05, 0) is 37.0 Å². The smallest absolute Gasteiger partial charge is 0.254 e. The monoisotopic (exact) mass is 274 g/mol. The van der Waals surface area contributed by atoms with Crippen LogP contribution in [0.25, 0.3) is 0 Å². The van der Waals surface area contributed by atoms with Crippen molar-refractivity contribution in [2.75, 3.05) is 31.6 Å². The van der Waals surface area contributed by atoms with Crippen molar-refractivity contribution in [2.45, 2.75) is 32.3 Å². The van der Waals surface area contributed by atoms with Gasteiger partial charge in [-0.15, -0.1) is 0 Å². The molecule has 0 aliphatic carbocycles. The number of rotatable bonds is 2. The summed E-state index contributed by atoms with van der Waals surface area (Å²) >= 11 is 0. The molecule has 20 heavy (non-hydrogen) atoms. The summed E-state index contributed by atoms with van der Waals surface area (Å²) in [6.45, 7) is 5.17. The number of ether oxygens (including phenoxy) is 1. The molecule has 1 fully saturated rings. The molecule has 1 N–H and O–H groups in total. The second-order valence-electron chi connectivity index (χ2n) is 5.51. The topological polar surface area (TPSA) is 41.6 Å². The first kappa shape index (κ1) is 13.4. The fourth-order valence-corrected chi connectivity index (χ4v) is 3.03. The predicted octanol–water partition coefficient (Wildman–Crippen LogP) is 2.30. The molecule has 0 radical (unpaired) electrons. The SMILES string of the molecule is CCC1CN(C(=O)c2cccc3c2CCCN3)CCO1. The standard InChI is InChI=1S/C16H22N2O2/c1-2-12-11-18(9-10-20-12)16(19)14-5-3-7-15-13(14)6-4-8-17-15/h3,5,7,12,17H,2,4,6,8-11H2,1H3. The highest BCUT2D eigenvalue weighted by atomic mass is 16.5. The van der Waals surface area contributed by atoms with E-state index in [9.17, 15) is 4.79 Å². The maximum absolute atomic E-state index is 12.8. The normalized spacial score (nSPS) is 22.1. The molecule has 1 amide bonds. The fraction of sp³-hybridized carbons (Fsp3) is 0.562. The van der Waals surface area contributed by atoms with E-state index in [1.165, 1.54) is 5.56 Å². The summed E-state index contributed by atoms with van der Waals surface area (Å²) in [6, 6.07) is 6.01. The molecule has 0 bridgehead atoms. The van der Waals surface area contributed by atoms with Crippen LogP contribution in [0.1, 0.15) is 35.7 Å². The van der Waals surface area contributed by atoms with Crippen molar-refractivity contribution in [2.24, 2.45) is 0 Å². The first-order valence-corrected chi connectivity index (χ1v) is 7.56.